The summed E-state index contributed by atoms with van der Waals surface area (Å²) in [5.74, 6) is -0.115. The highest BCUT2D eigenvalue weighted by molar-refractivity contribution is 7.89. The van der Waals surface area contributed by atoms with E-state index in [1.807, 2.05) is 46.9 Å². The van der Waals surface area contributed by atoms with Crippen LogP contribution in [0.3, 0.4) is 0 Å². The number of carbonyl (C=O) groups excluding carboxylic acids is 1. The van der Waals surface area contributed by atoms with E-state index in [2.05, 4.69) is 5.10 Å². The van der Waals surface area contributed by atoms with Crippen LogP contribution < -0.4 is 0 Å². The van der Waals surface area contributed by atoms with Crippen LogP contribution in [0.1, 0.15) is 28.1 Å². The van der Waals surface area contributed by atoms with Crippen LogP contribution in [0, 0.1) is 27.7 Å². The van der Waals surface area contributed by atoms with Crippen molar-refractivity contribution in [1.29, 1.82) is 0 Å². The van der Waals surface area contributed by atoms with Crippen LogP contribution >= 0.6 is 0 Å². The molecule has 0 N–H and O–H groups in total. The molecule has 2 heterocycles. The zero-order valence-electron chi connectivity index (χ0n) is 17.6. The molecule has 2 aromatic rings. The molecule has 0 unspecified atom stereocenters. The number of piperazine rings is 1. The number of hydrogen-bond acceptors (Lipinski definition) is 4. The van der Waals surface area contributed by atoms with Crippen LogP contribution in [0.2, 0.25) is 0 Å². The third kappa shape index (κ3) is 4.28. The largest absolute Gasteiger partial charge is 0.337 e. The Morgan fingerprint density at radius 2 is 1.72 bits per heavy atom. The van der Waals surface area contributed by atoms with Gasteiger partial charge in [0.05, 0.1) is 10.6 Å². The topological polar surface area (TPSA) is 75.5 Å². The van der Waals surface area contributed by atoms with Gasteiger partial charge in [0, 0.05) is 50.6 Å². The SMILES string of the molecule is Cc1ccc(S(=O)(=O)N2CCN(C(=O)/C=C/c3c(C)nn(C)c3C)CC2)c(C)c1. The zero-order chi connectivity index (χ0) is 21.3. The van der Waals surface area contributed by atoms with Crippen molar-refractivity contribution >= 4 is 22.0 Å². The summed E-state index contributed by atoms with van der Waals surface area (Å²) >= 11 is 0. The molecule has 0 radical (unpaired) electrons. The van der Waals surface area contributed by atoms with Crippen LogP contribution in [-0.4, -0.2) is 59.5 Å². The van der Waals surface area contributed by atoms with Crippen molar-refractivity contribution in [3.63, 3.8) is 0 Å². The van der Waals surface area contributed by atoms with Gasteiger partial charge in [-0.25, -0.2) is 8.42 Å². The first-order valence-electron chi connectivity index (χ1n) is 9.66. The molecule has 156 valence electrons. The molecule has 0 atom stereocenters. The molecule has 8 heteroatoms. The molecule has 0 spiro atoms. The van der Waals surface area contributed by atoms with Gasteiger partial charge < -0.3 is 4.90 Å². The average molecular weight is 417 g/mol. The second-order valence-corrected chi connectivity index (χ2v) is 9.45. The summed E-state index contributed by atoms with van der Waals surface area (Å²) in [4.78, 5) is 14.6. The molecule has 1 aromatic heterocycles. The van der Waals surface area contributed by atoms with E-state index in [0.717, 1.165) is 28.1 Å². The van der Waals surface area contributed by atoms with Gasteiger partial charge in [-0.1, -0.05) is 17.7 Å². The predicted molar refractivity (Wildman–Crippen MR) is 113 cm³/mol. The summed E-state index contributed by atoms with van der Waals surface area (Å²) in [6.07, 6.45) is 3.34. The second-order valence-electron chi connectivity index (χ2n) is 7.54. The van der Waals surface area contributed by atoms with Crippen molar-refractivity contribution < 1.29 is 13.2 Å². The molecule has 1 saturated heterocycles. The Balaban J connectivity index is 1.67. The van der Waals surface area contributed by atoms with Gasteiger partial charge in [0.25, 0.3) is 0 Å². The lowest BCUT2D eigenvalue weighted by molar-refractivity contribution is -0.127. The molecule has 0 bridgehead atoms. The maximum Gasteiger partial charge on any atom is 0.246 e. The quantitative estimate of drug-likeness (QED) is 0.716. The summed E-state index contributed by atoms with van der Waals surface area (Å²) in [5.41, 5.74) is 4.59. The van der Waals surface area contributed by atoms with E-state index in [1.165, 1.54) is 4.31 Å². The smallest absolute Gasteiger partial charge is 0.246 e. The Morgan fingerprint density at radius 1 is 1.07 bits per heavy atom. The fourth-order valence-electron chi connectivity index (χ4n) is 3.67. The minimum Gasteiger partial charge on any atom is -0.337 e. The van der Waals surface area contributed by atoms with E-state index in [1.54, 1.807) is 27.8 Å². The summed E-state index contributed by atoms with van der Waals surface area (Å²) in [6, 6.07) is 5.35. The third-order valence-corrected chi connectivity index (χ3v) is 7.51. The van der Waals surface area contributed by atoms with Gasteiger partial charge in [0.15, 0.2) is 0 Å². The van der Waals surface area contributed by atoms with E-state index in [0.29, 0.717) is 31.1 Å². The maximum absolute atomic E-state index is 13.0. The number of nitrogens with zero attached hydrogens (tertiary/aromatic N) is 4. The summed E-state index contributed by atoms with van der Waals surface area (Å²) in [5, 5.41) is 4.35. The number of benzene rings is 1. The van der Waals surface area contributed by atoms with Crippen LogP contribution in [0.5, 0.6) is 0 Å². The van der Waals surface area contributed by atoms with Crippen LogP contribution in [0.25, 0.3) is 6.08 Å². The van der Waals surface area contributed by atoms with Crippen LogP contribution in [0.15, 0.2) is 29.2 Å². The third-order valence-electron chi connectivity index (χ3n) is 5.46. The van der Waals surface area contributed by atoms with E-state index < -0.39 is 10.0 Å². The average Bonchev–Trinajstić information content (AvgIpc) is 2.91. The molecule has 1 aromatic carbocycles. The van der Waals surface area contributed by atoms with Gasteiger partial charge in [-0.15, -0.1) is 0 Å². The van der Waals surface area contributed by atoms with Crippen LogP contribution in [0.4, 0.5) is 0 Å². The number of sulfonamides is 1. The first kappa shape index (κ1) is 21.3. The van der Waals surface area contributed by atoms with Crippen molar-refractivity contribution in [1.82, 2.24) is 19.0 Å². The number of rotatable bonds is 4. The van der Waals surface area contributed by atoms with Crippen molar-refractivity contribution in [2.75, 3.05) is 26.2 Å². The van der Waals surface area contributed by atoms with E-state index in [4.69, 9.17) is 0 Å². The molecule has 1 aliphatic heterocycles. The highest BCUT2D eigenvalue weighted by Gasteiger charge is 2.30. The predicted octanol–water partition coefficient (Wildman–Crippen LogP) is 2.20. The Labute approximate surface area is 172 Å². The van der Waals surface area contributed by atoms with Crippen molar-refractivity contribution in [3.8, 4) is 0 Å². The Kier molecular flexibility index (Phi) is 5.95. The number of amides is 1. The molecule has 29 heavy (non-hydrogen) atoms. The van der Waals surface area contributed by atoms with Gasteiger partial charge in [-0.2, -0.15) is 9.40 Å². The number of aromatic nitrogens is 2. The molecular formula is C21H28N4O3S. The fourth-order valence-corrected chi connectivity index (χ4v) is 5.30. The Morgan fingerprint density at radius 3 is 2.28 bits per heavy atom. The number of carbonyl (C=O) groups is 1. The van der Waals surface area contributed by atoms with Gasteiger partial charge in [0.2, 0.25) is 15.9 Å². The van der Waals surface area contributed by atoms with E-state index in [-0.39, 0.29) is 5.91 Å². The lowest BCUT2D eigenvalue weighted by Crippen LogP contribution is -2.50. The normalized spacial score (nSPS) is 16.0. The number of hydrogen-bond donors (Lipinski definition) is 0. The summed E-state index contributed by atoms with van der Waals surface area (Å²) in [6.45, 7) is 8.95. The lowest BCUT2D eigenvalue weighted by Gasteiger charge is -2.33. The molecule has 0 saturated carbocycles. The van der Waals surface area contributed by atoms with E-state index in [9.17, 15) is 13.2 Å². The first-order valence-corrected chi connectivity index (χ1v) is 11.1. The van der Waals surface area contributed by atoms with Gasteiger partial charge in [-0.05, 0) is 45.4 Å². The molecule has 1 amide bonds. The Hall–Kier alpha value is -2.45. The first-order chi connectivity index (χ1) is 13.6. The fraction of sp³-hybridized carbons (Fsp3) is 0.429. The van der Waals surface area contributed by atoms with Gasteiger partial charge in [0.1, 0.15) is 0 Å². The minimum atomic E-state index is -3.56. The van der Waals surface area contributed by atoms with E-state index >= 15 is 0 Å². The second kappa shape index (κ2) is 8.12. The monoisotopic (exact) mass is 416 g/mol. The molecule has 1 aliphatic rings. The molecule has 3 rings (SSSR count). The van der Waals surface area contributed by atoms with Crippen molar-refractivity contribution in [2.24, 2.45) is 7.05 Å². The van der Waals surface area contributed by atoms with Crippen molar-refractivity contribution in [3.05, 3.63) is 52.4 Å². The van der Waals surface area contributed by atoms with Gasteiger partial charge in [-0.3, -0.25) is 9.48 Å². The highest BCUT2D eigenvalue weighted by atomic mass is 32.2. The standard InChI is InChI=1S/C21H28N4O3S/c1-15-6-8-20(16(2)14-15)29(27,28)25-12-10-24(11-13-25)21(26)9-7-19-17(3)22-23(5)18(19)4/h6-9,14H,10-13H2,1-5H3/b9-7+. The molecule has 1 fully saturated rings. The maximum atomic E-state index is 13.0. The van der Waals surface area contributed by atoms with Crippen molar-refractivity contribution in [2.45, 2.75) is 32.6 Å². The summed E-state index contributed by atoms with van der Waals surface area (Å²) in [7, 11) is -1.68. The van der Waals surface area contributed by atoms with Crippen LogP contribution in [-0.2, 0) is 21.9 Å². The van der Waals surface area contributed by atoms with Gasteiger partial charge >= 0.3 is 0 Å². The lowest BCUT2D eigenvalue weighted by atomic mass is 10.2. The minimum absolute atomic E-state index is 0.115. The molecule has 7 nitrogen and oxygen atoms in total. The molecule has 0 aliphatic carbocycles. The number of aryl methyl sites for hydroxylation is 4. The highest BCUT2D eigenvalue weighted by Crippen LogP contribution is 2.22. The Bertz CT molecular complexity index is 1060. The molecular weight excluding hydrogens is 388 g/mol. The zero-order valence-corrected chi connectivity index (χ0v) is 18.5. The summed E-state index contributed by atoms with van der Waals surface area (Å²) < 4.78 is 29.2.